The quantitative estimate of drug-likeness (QED) is 0.752. The van der Waals surface area contributed by atoms with Gasteiger partial charge in [-0.05, 0) is 52.3 Å². The van der Waals surface area contributed by atoms with Gasteiger partial charge in [-0.2, -0.15) is 0 Å². The molecule has 5 nitrogen and oxygen atoms in total. The SMILES string of the molecule is COc1ccc(C(=O)Nc2ccc(Br)c(N)c2)cc1O. The summed E-state index contributed by atoms with van der Waals surface area (Å²) in [6.07, 6.45) is 0. The minimum atomic E-state index is -0.343. The predicted octanol–water partition coefficient (Wildman–Crippen LogP) is 3.00. The first kappa shape index (κ1) is 14.2. The van der Waals surface area contributed by atoms with Gasteiger partial charge in [-0.15, -0.1) is 0 Å². The average molecular weight is 337 g/mol. The summed E-state index contributed by atoms with van der Waals surface area (Å²) in [5.74, 6) is -0.116. The minimum absolute atomic E-state index is 0.0875. The van der Waals surface area contributed by atoms with Crippen molar-refractivity contribution < 1.29 is 14.6 Å². The number of nitrogens with one attached hydrogen (secondary N) is 1. The van der Waals surface area contributed by atoms with E-state index in [0.29, 0.717) is 22.7 Å². The molecular weight excluding hydrogens is 324 g/mol. The van der Waals surface area contributed by atoms with Crippen molar-refractivity contribution in [3.05, 3.63) is 46.4 Å². The van der Waals surface area contributed by atoms with Crippen LogP contribution in [0.15, 0.2) is 40.9 Å². The highest BCUT2D eigenvalue weighted by Gasteiger charge is 2.10. The van der Waals surface area contributed by atoms with Crippen LogP contribution in [0.1, 0.15) is 10.4 Å². The molecule has 0 saturated carbocycles. The van der Waals surface area contributed by atoms with Crippen LogP contribution in [0, 0.1) is 0 Å². The van der Waals surface area contributed by atoms with Crippen LogP contribution < -0.4 is 15.8 Å². The molecule has 0 spiro atoms. The van der Waals surface area contributed by atoms with E-state index >= 15 is 0 Å². The summed E-state index contributed by atoms with van der Waals surface area (Å²) < 4.78 is 5.69. The number of phenols is 1. The maximum absolute atomic E-state index is 12.0. The van der Waals surface area contributed by atoms with E-state index in [9.17, 15) is 9.90 Å². The highest BCUT2D eigenvalue weighted by molar-refractivity contribution is 9.10. The van der Waals surface area contributed by atoms with E-state index in [1.165, 1.54) is 19.2 Å². The molecule has 2 aromatic rings. The van der Waals surface area contributed by atoms with Gasteiger partial charge in [0.05, 0.1) is 7.11 Å². The number of anilines is 2. The van der Waals surface area contributed by atoms with Crippen molar-refractivity contribution in [2.75, 3.05) is 18.2 Å². The van der Waals surface area contributed by atoms with E-state index in [1.54, 1.807) is 24.3 Å². The van der Waals surface area contributed by atoms with Crippen LogP contribution in [-0.4, -0.2) is 18.1 Å². The number of methoxy groups -OCH3 is 1. The summed E-state index contributed by atoms with van der Waals surface area (Å²) in [5, 5.41) is 12.4. The molecule has 2 aromatic carbocycles. The molecule has 0 unspecified atom stereocenters. The topological polar surface area (TPSA) is 84.6 Å². The highest BCUT2D eigenvalue weighted by atomic mass is 79.9. The fourth-order valence-corrected chi connectivity index (χ4v) is 1.90. The third-order valence-electron chi connectivity index (χ3n) is 2.69. The van der Waals surface area contributed by atoms with Gasteiger partial charge in [0.1, 0.15) is 0 Å². The lowest BCUT2D eigenvalue weighted by Gasteiger charge is -2.08. The smallest absolute Gasteiger partial charge is 0.255 e. The van der Waals surface area contributed by atoms with Crippen LogP contribution in [0.4, 0.5) is 11.4 Å². The summed E-state index contributed by atoms with van der Waals surface area (Å²) in [7, 11) is 1.44. The standard InChI is InChI=1S/C14H13BrN2O3/c1-20-13-5-2-8(6-12(13)18)14(19)17-9-3-4-10(15)11(16)7-9/h2-7,18H,16H2,1H3,(H,17,19). The van der Waals surface area contributed by atoms with E-state index in [2.05, 4.69) is 21.2 Å². The molecule has 0 saturated heterocycles. The molecule has 0 bridgehead atoms. The molecule has 0 aliphatic rings. The number of ether oxygens (including phenoxy) is 1. The van der Waals surface area contributed by atoms with Gasteiger partial charge in [0.2, 0.25) is 0 Å². The largest absolute Gasteiger partial charge is 0.504 e. The Kier molecular flexibility index (Phi) is 4.14. The minimum Gasteiger partial charge on any atom is -0.504 e. The molecule has 0 aliphatic carbocycles. The van der Waals surface area contributed by atoms with Crippen LogP contribution in [0.25, 0.3) is 0 Å². The normalized spacial score (nSPS) is 10.1. The monoisotopic (exact) mass is 336 g/mol. The Labute approximate surface area is 124 Å². The predicted molar refractivity (Wildman–Crippen MR) is 81.2 cm³/mol. The Morgan fingerprint density at radius 3 is 2.65 bits per heavy atom. The lowest BCUT2D eigenvalue weighted by molar-refractivity contribution is 0.102. The first-order valence-corrected chi connectivity index (χ1v) is 6.54. The molecule has 0 aliphatic heterocycles. The zero-order chi connectivity index (χ0) is 14.7. The van der Waals surface area contributed by atoms with Crippen LogP contribution in [0.3, 0.4) is 0 Å². The molecule has 0 fully saturated rings. The second-order valence-corrected chi connectivity index (χ2v) is 4.93. The Morgan fingerprint density at radius 2 is 2.05 bits per heavy atom. The number of nitrogens with two attached hydrogens (primary N) is 1. The van der Waals surface area contributed by atoms with Crippen molar-refractivity contribution in [3.63, 3.8) is 0 Å². The number of amides is 1. The van der Waals surface area contributed by atoms with Crippen molar-refractivity contribution in [2.45, 2.75) is 0 Å². The van der Waals surface area contributed by atoms with E-state index in [0.717, 1.165) is 4.47 Å². The number of carbonyl (C=O) groups is 1. The summed E-state index contributed by atoms with van der Waals surface area (Å²) in [6, 6.07) is 9.55. The molecule has 1 amide bonds. The molecule has 20 heavy (non-hydrogen) atoms. The van der Waals surface area contributed by atoms with E-state index in [1.807, 2.05) is 0 Å². The average Bonchev–Trinajstić information content (AvgIpc) is 2.42. The van der Waals surface area contributed by atoms with Crippen molar-refractivity contribution in [1.82, 2.24) is 0 Å². The molecule has 4 N–H and O–H groups in total. The first-order chi connectivity index (χ1) is 9.51. The van der Waals surface area contributed by atoms with E-state index in [4.69, 9.17) is 10.5 Å². The van der Waals surface area contributed by atoms with Crippen LogP contribution in [-0.2, 0) is 0 Å². The number of carbonyl (C=O) groups excluding carboxylic acids is 1. The number of aromatic hydroxyl groups is 1. The Balaban J connectivity index is 2.19. The van der Waals surface area contributed by atoms with Crippen molar-refractivity contribution in [2.24, 2.45) is 0 Å². The second-order valence-electron chi connectivity index (χ2n) is 4.08. The van der Waals surface area contributed by atoms with Gasteiger partial charge < -0.3 is 20.9 Å². The van der Waals surface area contributed by atoms with Gasteiger partial charge in [-0.1, -0.05) is 0 Å². The van der Waals surface area contributed by atoms with Crippen molar-refractivity contribution in [1.29, 1.82) is 0 Å². The van der Waals surface area contributed by atoms with Gasteiger partial charge in [0, 0.05) is 21.4 Å². The first-order valence-electron chi connectivity index (χ1n) is 5.74. The van der Waals surface area contributed by atoms with Gasteiger partial charge in [0.25, 0.3) is 5.91 Å². The molecule has 0 aromatic heterocycles. The maximum Gasteiger partial charge on any atom is 0.255 e. The van der Waals surface area contributed by atoms with Crippen LogP contribution in [0.5, 0.6) is 11.5 Å². The lowest BCUT2D eigenvalue weighted by Crippen LogP contribution is -2.12. The number of hydrogen-bond donors (Lipinski definition) is 3. The van der Waals surface area contributed by atoms with Crippen molar-refractivity contribution in [3.8, 4) is 11.5 Å². The number of benzene rings is 2. The lowest BCUT2D eigenvalue weighted by atomic mass is 10.2. The zero-order valence-corrected chi connectivity index (χ0v) is 12.3. The Bertz CT molecular complexity index is 659. The number of halogens is 1. The molecular formula is C14H13BrN2O3. The van der Waals surface area contributed by atoms with Gasteiger partial charge in [-0.3, -0.25) is 4.79 Å². The third kappa shape index (κ3) is 3.03. The summed E-state index contributed by atoms with van der Waals surface area (Å²) in [5.41, 5.74) is 7.17. The Morgan fingerprint density at radius 1 is 1.30 bits per heavy atom. The maximum atomic E-state index is 12.0. The molecule has 0 radical (unpaired) electrons. The highest BCUT2D eigenvalue weighted by Crippen LogP contribution is 2.27. The number of hydrogen-bond acceptors (Lipinski definition) is 4. The summed E-state index contributed by atoms with van der Waals surface area (Å²) >= 11 is 3.28. The van der Waals surface area contributed by atoms with E-state index in [-0.39, 0.29) is 11.7 Å². The van der Waals surface area contributed by atoms with Crippen LogP contribution in [0.2, 0.25) is 0 Å². The van der Waals surface area contributed by atoms with Crippen molar-refractivity contribution >= 4 is 33.2 Å². The van der Waals surface area contributed by atoms with Crippen LogP contribution >= 0.6 is 15.9 Å². The number of rotatable bonds is 3. The van der Waals surface area contributed by atoms with Gasteiger partial charge in [0.15, 0.2) is 11.5 Å². The summed E-state index contributed by atoms with van der Waals surface area (Å²) in [4.78, 5) is 12.0. The molecule has 0 atom stereocenters. The summed E-state index contributed by atoms with van der Waals surface area (Å²) in [6.45, 7) is 0. The number of nitrogen functional groups attached to an aromatic ring is 1. The fraction of sp³-hybridized carbons (Fsp3) is 0.0714. The molecule has 2 rings (SSSR count). The molecule has 6 heteroatoms. The van der Waals surface area contributed by atoms with Gasteiger partial charge >= 0.3 is 0 Å². The fourth-order valence-electron chi connectivity index (χ4n) is 1.66. The Hall–Kier alpha value is -2.21. The molecule has 0 heterocycles. The zero-order valence-electron chi connectivity index (χ0n) is 10.7. The number of phenolic OH excluding ortho intramolecular Hbond substituents is 1. The van der Waals surface area contributed by atoms with E-state index < -0.39 is 0 Å². The van der Waals surface area contributed by atoms with Gasteiger partial charge in [-0.25, -0.2) is 0 Å². The molecule has 104 valence electrons. The third-order valence-corrected chi connectivity index (χ3v) is 3.42. The second kappa shape index (κ2) is 5.83.